The Morgan fingerprint density at radius 1 is 1.53 bits per heavy atom. The van der Waals surface area contributed by atoms with Gasteiger partial charge in [0.15, 0.2) is 5.82 Å². The zero-order valence-electron chi connectivity index (χ0n) is 10.7. The van der Waals surface area contributed by atoms with Crippen molar-refractivity contribution < 1.29 is 0 Å². The van der Waals surface area contributed by atoms with Crippen LogP contribution in [0.3, 0.4) is 0 Å². The average molecular weight is 252 g/mol. The number of nitrogens with two attached hydrogens (primary N) is 1. The summed E-state index contributed by atoms with van der Waals surface area (Å²) >= 11 is 5.04. The van der Waals surface area contributed by atoms with Crippen molar-refractivity contribution in [2.75, 3.05) is 18.0 Å². The van der Waals surface area contributed by atoms with Gasteiger partial charge in [-0.15, -0.1) is 5.10 Å². The molecule has 17 heavy (non-hydrogen) atoms. The second-order valence-electron chi connectivity index (χ2n) is 4.18. The standard InChI is InChI=1S/C12H20N4S/c1-4-9(3)8-16(5-2)12-10(11(13)17)6-7-14-15-12/h6-7,9H,4-5,8H2,1-3H3,(H2,13,17). The summed E-state index contributed by atoms with van der Waals surface area (Å²) in [5, 5.41) is 8.09. The van der Waals surface area contributed by atoms with Gasteiger partial charge < -0.3 is 10.6 Å². The highest BCUT2D eigenvalue weighted by atomic mass is 32.1. The molecule has 0 radical (unpaired) electrons. The molecule has 0 fully saturated rings. The minimum atomic E-state index is 0.373. The summed E-state index contributed by atoms with van der Waals surface area (Å²) < 4.78 is 0. The van der Waals surface area contributed by atoms with Crippen molar-refractivity contribution in [3.05, 3.63) is 17.8 Å². The van der Waals surface area contributed by atoms with E-state index >= 15 is 0 Å². The minimum Gasteiger partial charge on any atom is -0.389 e. The fraction of sp³-hybridized carbons (Fsp3) is 0.583. The molecule has 0 aromatic carbocycles. The van der Waals surface area contributed by atoms with E-state index < -0.39 is 0 Å². The summed E-state index contributed by atoms with van der Waals surface area (Å²) in [7, 11) is 0. The zero-order valence-corrected chi connectivity index (χ0v) is 11.5. The monoisotopic (exact) mass is 252 g/mol. The zero-order chi connectivity index (χ0) is 12.8. The maximum Gasteiger partial charge on any atom is 0.161 e. The van der Waals surface area contributed by atoms with Crippen molar-refractivity contribution in [2.45, 2.75) is 27.2 Å². The highest BCUT2D eigenvalue weighted by Crippen LogP contribution is 2.18. The molecule has 0 spiro atoms. The van der Waals surface area contributed by atoms with Crippen molar-refractivity contribution in [3.63, 3.8) is 0 Å². The van der Waals surface area contributed by atoms with E-state index in [2.05, 4.69) is 35.9 Å². The number of anilines is 1. The lowest BCUT2D eigenvalue weighted by Crippen LogP contribution is -2.31. The predicted octanol–water partition coefficient (Wildman–Crippen LogP) is 1.98. The molecule has 1 atom stereocenters. The van der Waals surface area contributed by atoms with Crippen molar-refractivity contribution in [2.24, 2.45) is 11.7 Å². The molecule has 0 bridgehead atoms. The first-order chi connectivity index (χ1) is 8.10. The Labute approximate surface area is 108 Å². The molecule has 0 amide bonds. The van der Waals surface area contributed by atoms with Crippen LogP contribution in [0.2, 0.25) is 0 Å². The van der Waals surface area contributed by atoms with Gasteiger partial charge in [0.1, 0.15) is 4.99 Å². The number of rotatable bonds is 6. The van der Waals surface area contributed by atoms with Gasteiger partial charge >= 0.3 is 0 Å². The highest BCUT2D eigenvalue weighted by Gasteiger charge is 2.15. The van der Waals surface area contributed by atoms with E-state index in [4.69, 9.17) is 18.0 Å². The molecule has 0 aliphatic carbocycles. The van der Waals surface area contributed by atoms with Crippen LogP contribution in [0.1, 0.15) is 32.8 Å². The number of hydrogen-bond donors (Lipinski definition) is 1. The molecular weight excluding hydrogens is 232 g/mol. The molecule has 1 unspecified atom stereocenters. The van der Waals surface area contributed by atoms with Gasteiger partial charge in [0.2, 0.25) is 0 Å². The molecule has 0 aliphatic rings. The predicted molar refractivity (Wildman–Crippen MR) is 75.3 cm³/mol. The Hall–Kier alpha value is -1.23. The molecule has 5 heteroatoms. The van der Waals surface area contributed by atoms with Crippen LogP contribution < -0.4 is 10.6 Å². The van der Waals surface area contributed by atoms with Crippen LogP contribution in [0.5, 0.6) is 0 Å². The Balaban J connectivity index is 2.99. The second-order valence-corrected chi connectivity index (χ2v) is 4.62. The topological polar surface area (TPSA) is 55.0 Å². The molecule has 0 saturated heterocycles. The second kappa shape index (κ2) is 6.49. The third kappa shape index (κ3) is 3.63. The van der Waals surface area contributed by atoms with Crippen LogP contribution in [0.15, 0.2) is 12.3 Å². The van der Waals surface area contributed by atoms with Crippen molar-refractivity contribution in [3.8, 4) is 0 Å². The van der Waals surface area contributed by atoms with Crippen molar-refractivity contribution in [1.29, 1.82) is 0 Å². The Morgan fingerprint density at radius 2 is 2.24 bits per heavy atom. The average Bonchev–Trinajstić information content (AvgIpc) is 2.35. The van der Waals surface area contributed by atoms with E-state index in [1.807, 2.05) is 6.07 Å². The van der Waals surface area contributed by atoms with E-state index in [1.54, 1.807) is 6.20 Å². The molecule has 4 nitrogen and oxygen atoms in total. The van der Waals surface area contributed by atoms with Crippen LogP contribution in [-0.4, -0.2) is 28.3 Å². The van der Waals surface area contributed by atoms with Crippen LogP contribution in [0, 0.1) is 5.92 Å². The summed E-state index contributed by atoms with van der Waals surface area (Å²) in [6, 6.07) is 1.82. The van der Waals surface area contributed by atoms with E-state index in [0.717, 1.165) is 30.9 Å². The van der Waals surface area contributed by atoms with Gasteiger partial charge in [-0.05, 0) is 18.9 Å². The molecule has 2 N–H and O–H groups in total. The number of nitrogens with zero attached hydrogens (tertiary/aromatic N) is 3. The molecule has 1 aromatic rings. The van der Waals surface area contributed by atoms with Gasteiger partial charge in [-0.25, -0.2) is 0 Å². The van der Waals surface area contributed by atoms with Gasteiger partial charge in [0.05, 0.1) is 11.8 Å². The molecule has 1 heterocycles. The summed E-state index contributed by atoms with van der Waals surface area (Å²) in [5.74, 6) is 1.40. The number of thiocarbonyl (C=S) groups is 1. The maximum atomic E-state index is 5.71. The molecule has 94 valence electrons. The normalized spacial score (nSPS) is 12.2. The van der Waals surface area contributed by atoms with Crippen LogP contribution in [0.25, 0.3) is 0 Å². The Bertz CT molecular complexity index is 381. The van der Waals surface area contributed by atoms with Gasteiger partial charge in [-0.3, -0.25) is 0 Å². The van der Waals surface area contributed by atoms with Crippen LogP contribution >= 0.6 is 12.2 Å². The first-order valence-corrected chi connectivity index (χ1v) is 6.37. The Kier molecular flexibility index (Phi) is 5.28. The molecule has 1 rings (SSSR count). The molecule has 1 aromatic heterocycles. The van der Waals surface area contributed by atoms with Gasteiger partial charge in [-0.2, -0.15) is 5.10 Å². The van der Waals surface area contributed by atoms with Crippen LogP contribution in [0.4, 0.5) is 5.82 Å². The fourth-order valence-corrected chi connectivity index (χ4v) is 1.78. The Morgan fingerprint density at radius 3 is 2.76 bits per heavy atom. The largest absolute Gasteiger partial charge is 0.389 e. The van der Waals surface area contributed by atoms with E-state index in [-0.39, 0.29) is 0 Å². The SMILES string of the molecule is CCC(C)CN(CC)c1nnccc1C(N)=S. The van der Waals surface area contributed by atoms with Gasteiger partial charge in [0.25, 0.3) is 0 Å². The first kappa shape index (κ1) is 13.8. The summed E-state index contributed by atoms with van der Waals surface area (Å²) in [6.07, 6.45) is 2.76. The molecule has 0 aliphatic heterocycles. The fourth-order valence-electron chi connectivity index (χ4n) is 1.62. The first-order valence-electron chi connectivity index (χ1n) is 5.96. The summed E-state index contributed by atoms with van der Waals surface area (Å²) in [6.45, 7) is 8.32. The lowest BCUT2D eigenvalue weighted by molar-refractivity contribution is 0.544. The lowest BCUT2D eigenvalue weighted by atomic mass is 10.1. The van der Waals surface area contributed by atoms with E-state index in [1.165, 1.54) is 0 Å². The van der Waals surface area contributed by atoms with Gasteiger partial charge in [0, 0.05) is 13.1 Å². The minimum absolute atomic E-state index is 0.373. The van der Waals surface area contributed by atoms with E-state index in [9.17, 15) is 0 Å². The van der Waals surface area contributed by atoms with Crippen molar-refractivity contribution >= 4 is 23.0 Å². The third-order valence-electron chi connectivity index (χ3n) is 2.88. The van der Waals surface area contributed by atoms with Crippen LogP contribution in [-0.2, 0) is 0 Å². The maximum absolute atomic E-state index is 5.71. The molecular formula is C12H20N4S. The quantitative estimate of drug-likeness (QED) is 0.785. The van der Waals surface area contributed by atoms with Crippen molar-refractivity contribution in [1.82, 2.24) is 10.2 Å². The summed E-state index contributed by atoms with van der Waals surface area (Å²) in [5.41, 5.74) is 6.51. The highest BCUT2D eigenvalue weighted by molar-refractivity contribution is 7.80. The number of aromatic nitrogens is 2. The number of hydrogen-bond acceptors (Lipinski definition) is 4. The smallest absolute Gasteiger partial charge is 0.161 e. The lowest BCUT2D eigenvalue weighted by Gasteiger charge is -2.26. The van der Waals surface area contributed by atoms with Gasteiger partial charge in [-0.1, -0.05) is 32.5 Å². The molecule has 0 saturated carbocycles. The summed E-state index contributed by atoms with van der Waals surface area (Å²) in [4.78, 5) is 2.55. The van der Waals surface area contributed by atoms with E-state index in [0.29, 0.717) is 10.9 Å². The third-order valence-corrected chi connectivity index (χ3v) is 3.10.